The molecular weight excluding hydrogens is 764 g/mol. The minimum Gasteiger partial charge on any atom is -0.399 e. The predicted octanol–water partition coefficient (Wildman–Crippen LogP) is 9.75. The number of benzene rings is 3. The van der Waals surface area contributed by atoms with Crippen LogP contribution in [-0.4, -0.2) is 44.0 Å². The molecule has 0 saturated carbocycles. The van der Waals surface area contributed by atoms with Crippen molar-refractivity contribution in [1.29, 1.82) is 0 Å². The number of nitrogens with zero attached hydrogens (tertiary/aromatic N) is 3. The van der Waals surface area contributed by atoms with E-state index >= 15 is 0 Å². The fourth-order valence-corrected chi connectivity index (χ4v) is 6.42. The average molecular weight is 801 g/mol. The fraction of sp³-hybridized carbons (Fsp3) is 0.257. The second kappa shape index (κ2) is 17.2. The number of fused-ring (bicyclic) bond motifs is 2. The van der Waals surface area contributed by atoms with Crippen LogP contribution in [0.25, 0.3) is 31.7 Å². The maximum Gasteiger partial charge on any atom is 0.494 e. The molecule has 4 heterocycles. The number of nitrogens with one attached hydrogen (secondary N) is 1. The number of hydrogen-bond acceptors (Lipinski definition) is 9. The van der Waals surface area contributed by atoms with Crippen LogP contribution in [0.4, 0.5) is 10.3 Å². The van der Waals surface area contributed by atoms with Crippen molar-refractivity contribution < 1.29 is 14.1 Å². The summed E-state index contributed by atoms with van der Waals surface area (Å²) in [5.41, 5.74) is 10.2. The van der Waals surface area contributed by atoms with Crippen LogP contribution in [0, 0.1) is 0 Å². The van der Waals surface area contributed by atoms with Crippen LogP contribution in [0.1, 0.15) is 41.5 Å². The van der Waals surface area contributed by atoms with Gasteiger partial charge in [0.25, 0.3) is 0 Å². The van der Waals surface area contributed by atoms with Crippen LogP contribution in [0.5, 0.6) is 0 Å². The van der Waals surface area contributed by atoms with Crippen LogP contribution in [0.3, 0.4) is 0 Å². The first-order chi connectivity index (χ1) is 23.1. The second-order valence-corrected chi connectivity index (χ2v) is 16.2. The Morgan fingerprint density at radius 1 is 0.837 bits per heavy atom. The third-order valence-electron chi connectivity index (χ3n) is 7.34. The highest BCUT2D eigenvalue weighted by Gasteiger charge is 2.51. The summed E-state index contributed by atoms with van der Waals surface area (Å²) >= 11 is 16.2. The summed E-state index contributed by atoms with van der Waals surface area (Å²) in [4.78, 5) is 24.3. The Labute approximate surface area is 313 Å². The summed E-state index contributed by atoms with van der Waals surface area (Å²) in [5.74, 6) is -0.0951. The molecule has 0 radical (unpaired) electrons. The van der Waals surface area contributed by atoms with Crippen molar-refractivity contribution in [2.75, 3.05) is 11.1 Å². The highest BCUT2D eigenvalue weighted by atomic mass is 79.9. The number of nitrogens with two attached hydrogens (primary N) is 1. The number of hydrogen-bond donors (Lipinski definition) is 2. The number of rotatable bonds is 3. The van der Waals surface area contributed by atoms with Crippen molar-refractivity contribution in [1.82, 2.24) is 15.0 Å². The Kier molecular flexibility index (Phi) is 13.6. The SMILES string of the molecule is CC(=O)Nc1nc2ccc(-c3ccccc3)cc2s1.CC(Cl)Cl.CC1(C)OB(c2ccccc2)OC1(C)C.Nc1nc2ccc(Br)nc2s1. The third-order valence-corrected chi connectivity index (χ3v) is 9.51. The fourth-order valence-electron chi connectivity index (χ4n) is 4.34. The van der Waals surface area contributed by atoms with E-state index in [0.717, 1.165) is 36.2 Å². The van der Waals surface area contributed by atoms with Crippen molar-refractivity contribution in [2.45, 2.75) is 57.6 Å². The zero-order chi connectivity index (χ0) is 35.8. The largest absolute Gasteiger partial charge is 0.494 e. The molecule has 7 rings (SSSR count). The van der Waals surface area contributed by atoms with Crippen molar-refractivity contribution in [3.63, 3.8) is 0 Å². The number of aromatic nitrogens is 3. The molecule has 1 saturated heterocycles. The van der Waals surface area contributed by atoms with E-state index in [9.17, 15) is 4.79 Å². The van der Waals surface area contributed by atoms with Gasteiger partial charge in [0, 0.05) is 6.92 Å². The monoisotopic (exact) mass is 799 g/mol. The minimum atomic E-state index is -0.256. The smallest absolute Gasteiger partial charge is 0.399 e. The third kappa shape index (κ3) is 11.2. The molecule has 3 aromatic heterocycles. The second-order valence-electron chi connectivity index (χ2n) is 11.8. The lowest BCUT2D eigenvalue weighted by Gasteiger charge is -2.32. The van der Waals surface area contributed by atoms with Gasteiger partial charge >= 0.3 is 7.12 Å². The van der Waals surface area contributed by atoms with Gasteiger partial charge < -0.3 is 20.4 Å². The number of carbonyl (C=O) groups is 1. The number of pyridine rings is 1. The lowest BCUT2D eigenvalue weighted by atomic mass is 9.79. The summed E-state index contributed by atoms with van der Waals surface area (Å²) < 4.78 is 13.7. The Hall–Kier alpha value is -3.10. The molecule has 0 unspecified atom stereocenters. The molecule has 1 aliphatic heterocycles. The van der Waals surface area contributed by atoms with Crippen molar-refractivity contribution in [3.05, 3.63) is 95.6 Å². The van der Waals surface area contributed by atoms with E-state index in [1.807, 2.05) is 66.7 Å². The van der Waals surface area contributed by atoms with Gasteiger partial charge in [-0.2, -0.15) is 0 Å². The lowest BCUT2D eigenvalue weighted by molar-refractivity contribution is -0.114. The first-order valence-electron chi connectivity index (χ1n) is 15.2. The molecule has 49 heavy (non-hydrogen) atoms. The van der Waals surface area contributed by atoms with Gasteiger partial charge in [-0.1, -0.05) is 89.4 Å². The van der Waals surface area contributed by atoms with Gasteiger partial charge in [0.05, 0.1) is 21.4 Å². The number of halogens is 3. The van der Waals surface area contributed by atoms with Gasteiger partial charge in [-0.15, -0.1) is 23.2 Å². The molecule has 1 fully saturated rings. The van der Waals surface area contributed by atoms with Crippen LogP contribution < -0.4 is 16.5 Å². The van der Waals surface area contributed by atoms with Gasteiger partial charge in [0.2, 0.25) is 5.91 Å². The summed E-state index contributed by atoms with van der Waals surface area (Å²) in [7, 11) is -0.240. The summed E-state index contributed by atoms with van der Waals surface area (Å²) in [6.07, 6.45) is 0. The standard InChI is InChI=1S/C15H12N2OS.C12H17BO2.C6H4BrN3S.C2H4Cl2/c1-10(18)16-15-17-13-8-7-12(9-14(13)19-15)11-5-3-2-4-6-11;1-11(2)12(3,4)15-13(14-11)10-8-6-5-7-9-10;7-4-2-1-3-5(10-4)11-6(8)9-3;1-2(3)4/h2-9H,1H3,(H,16,17,18);5-9H,1-4H3;1-2H,(H2,8,9);2H,1H3. The number of amides is 1. The van der Waals surface area contributed by atoms with E-state index in [-0.39, 0.29) is 29.1 Å². The van der Waals surface area contributed by atoms with E-state index < -0.39 is 0 Å². The summed E-state index contributed by atoms with van der Waals surface area (Å²) in [6.45, 7) is 11.4. The molecule has 14 heteroatoms. The Morgan fingerprint density at radius 3 is 2.00 bits per heavy atom. The molecule has 6 aromatic rings. The van der Waals surface area contributed by atoms with Crippen LogP contribution in [0.15, 0.2) is 95.6 Å². The number of alkyl halides is 2. The predicted molar refractivity (Wildman–Crippen MR) is 212 cm³/mol. The van der Waals surface area contributed by atoms with E-state index in [1.165, 1.54) is 35.2 Å². The summed E-state index contributed by atoms with van der Waals surface area (Å²) in [5, 5.41) is 3.93. The first kappa shape index (κ1) is 38.7. The number of thiazole rings is 2. The summed E-state index contributed by atoms with van der Waals surface area (Å²) in [6, 6.07) is 30.1. The highest BCUT2D eigenvalue weighted by Crippen LogP contribution is 2.36. The maximum absolute atomic E-state index is 11.0. The Bertz CT molecular complexity index is 1960. The zero-order valence-electron chi connectivity index (χ0n) is 27.9. The van der Waals surface area contributed by atoms with E-state index in [4.69, 9.17) is 38.2 Å². The van der Waals surface area contributed by atoms with Gasteiger partial charge in [-0.3, -0.25) is 4.79 Å². The van der Waals surface area contributed by atoms with Gasteiger partial charge in [0.1, 0.15) is 19.8 Å². The normalized spacial score (nSPS) is 14.3. The van der Waals surface area contributed by atoms with Crippen LogP contribution in [-0.2, 0) is 14.1 Å². The van der Waals surface area contributed by atoms with E-state index in [0.29, 0.717) is 10.3 Å². The van der Waals surface area contributed by atoms with Crippen molar-refractivity contribution in [3.8, 4) is 11.1 Å². The molecule has 8 nitrogen and oxygen atoms in total. The lowest BCUT2D eigenvalue weighted by Crippen LogP contribution is -2.41. The molecule has 0 aliphatic carbocycles. The van der Waals surface area contributed by atoms with Gasteiger partial charge in [-0.05, 0) is 91.4 Å². The molecule has 3 N–H and O–H groups in total. The van der Waals surface area contributed by atoms with E-state index in [2.05, 4.69) is 88.2 Å². The average Bonchev–Trinajstić information content (AvgIpc) is 3.68. The van der Waals surface area contributed by atoms with Crippen LogP contribution in [0.2, 0.25) is 0 Å². The molecule has 0 spiro atoms. The van der Waals surface area contributed by atoms with E-state index in [1.54, 1.807) is 6.92 Å². The van der Waals surface area contributed by atoms with Gasteiger partial charge in [0.15, 0.2) is 10.3 Å². The molecule has 3 aromatic carbocycles. The molecule has 0 bridgehead atoms. The topological polar surface area (TPSA) is 112 Å². The molecular formula is C35H37BBrCl2N5O3S2. The van der Waals surface area contributed by atoms with Crippen LogP contribution >= 0.6 is 61.8 Å². The number of anilines is 2. The van der Waals surface area contributed by atoms with Gasteiger partial charge in [-0.25, -0.2) is 15.0 Å². The van der Waals surface area contributed by atoms with Crippen molar-refractivity contribution >= 4 is 111 Å². The molecule has 1 aliphatic rings. The number of nitrogen functional groups attached to an aromatic ring is 1. The Balaban J connectivity index is 0.000000162. The highest BCUT2D eigenvalue weighted by molar-refractivity contribution is 9.10. The maximum atomic E-state index is 11.0. The molecule has 256 valence electrons. The van der Waals surface area contributed by atoms with Crippen molar-refractivity contribution in [2.24, 2.45) is 0 Å². The quantitative estimate of drug-likeness (QED) is 0.104. The Morgan fingerprint density at radius 2 is 1.41 bits per heavy atom. The zero-order valence-corrected chi connectivity index (χ0v) is 32.6. The minimum absolute atomic E-state index is 0.0951. The first-order valence-corrected chi connectivity index (χ1v) is 18.5. The number of carbonyl (C=O) groups excluding carboxylic acids is 1. The molecule has 1 amide bonds. The molecule has 0 atom stereocenters.